The zero-order valence-electron chi connectivity index (χ0n) is 8.40. The molecule has 2 heterocycles. The van der Waals surface area contributed by atoms with E-state index < -0.39 is 0 Å². The quantitative estimate of drug-likeness (QED) is 0.813. The van der Waals surface area contributed by atoms with Crippen LogP contribution in [0.1, 0.15) is 18.9 Å². The van der Waals surface area contributed by atoms with Gasteiger partial charge in [0.15, 0.2) is 10.5 Å². The van der Waals surface area contributed by atoms with Crippen LogP contribution >= 0.6 is 11.3 Å². The molecule has 0 fully saturated rings. The largest absolute Gasteiger partial charge is 0.309 e. The summed E-state index contributed by atoms with van der Waals surface area (Å²) < 4.78 is 0. The minimum atomic E-state index is -0.118. The summed E-state index contributed by atoms with van der Waals surface area (Å²) in [5.41, 5.74) is 0.614. The van der Waals surface area contributed by atoms with Crippen molar-refractivity contribution in [3.05, 3.63) is 17.4 Å². The first kappa shape index (κ1) is 9.48. The van der Waals surface area contributed by atoms with Crippen LogP contribution < -0.4 is 5.32 Å². The fourth-order valence-electron chi connectivity index (χ4n) is 1.05. The van der Waals surface area contributed by atoms with E-state index in [1.165, 1.54) is 0 Å². The average Bonchev–Trinajstić information content (AvgIpc) is 2.61. The van der Waals surface area contributed by atoms with Crippen molar-refractivity contribution in [3.8, 4) is 0 Å². The van der Waals surface area contributed by atoms with Crippen LogP contribution in [0.25, 0.3) is 10.5 Å². The second kappa shape index (κ2) is 3.25. The first-order chi connectivity index (χ1) is 6.63. The number of rotatable bonds is 2. The van der Waals surface area contributed by atoms with E-state index in [9.17, 15) is 0 Å². The molecule has 0 radical (unpaired) electrons. The molecule has 5 heteroatoms. The van der Waals surface area contributed by atoms with Gasteiger partial charge in [-0.1, -0.05) is 11.3 Å². The first-order valence-corrected chi connectivity index (χ1v) is 5.22. The van der Waals surface area contributed by atoms with Crippen LogP contribution in [0.3, 0.4) is 0 Å². The van der Waals surface area contributed by atoms with Gasteiger partial charge in [-0.3, -0.25) is 0 Å². The Morgan fingerprint density at radius 1 is 1.29 bits per heavy atom. The van der Waals surface area contributed by atoms with Crippen LogP contribution in [0.15, 0.2) is 12.4 Å². The van der Waals surface area contributed by atoms with Crippen molar-refractivity contribution < 1.29 is 0 Å². The van der Waals surface area contributed by atoms with Crippen molar-refractivity contribution in [2.24, 2.45) is 0 Å². The molecule has 0 aliphatic carbocycles. The van der Waals surface area contributed by atoms with Crippen molar-refractivity contribution in [3.63, 3.8) is 0 Å². The number of thiazole rings is 1. The van der Waals surface area contributed by atoms with Crippen LogP contribution in [0.5, 0.6) is 0 Å². The molecule has 0 aromatic carbocycles. The van der Waals surface area contributed by atoms with Gasteiger partial charge in [-0.05, 0) is 20.9 Å². The number of hydrogen-bond acceptors (Lipinski definition) is 5. The molecule has 0 saturated carbocycles. The number of hydrogen-bond donors (Lipinski definition) is 1. The lowest BCUT2D eigenvalue weighted by Gasteiger charge is -2.20. The molecule has 0 aliphatic rings. The fraction of sp³-hybridized carbons (Fsp3) is 0.444. The Morgan fingerprint density at radius 2 is 2.00 bits per heavy atom. The Bertz CT molecular complexity index is 416. The minimum Gasteiger partial charge on any atom is -0.309 e. The van der Waals surface area contributed by atoms with E-state index in [-0.39, 0.29) is 5.54 Å². The van der Waals surface area contributed by atoms with Crippen LogP contribution in [0.2, 0.25) is 0 Å². The molecule has 0 bridgehead atoms. The summed E-state index contributed by atoms with van der Waals surface area (Å²) in [6.45, 7) is 4.18. The summed E-state index contributed by atoms with van der Waals surface area (Å²) in [6, 6.07) is 0. The van der Waals surface area contributed by atoms with E-state index in [0.29, 0.717) is 0 Å². The molecule has 2 aromatic rings. The number of nitrogens with one attached hydrogen (secondary N) is 1. The molecule has 0 unspecified atom stereocenters. The molecule has 0 spiro atoms. The Labute approximate surface area is 86.4 Å². The zero-order chi connectivity index (χ0) is 10.2. The first-order valence-electron chi connectivity index (χ1n) is 4.40. The van der Waals surface area contributed by atoms with Crippen molar-refractivity contribution in [2.45, 2.75) is 19.4 Å². The second-order valence-corrected chi connectivity index (χ2v) is 4.56. The third-order valence-electron chi connectivity index (χ3n) is 2.21. The van der Waals surface area contributed by atoms with E-state index in [1.807, 2.05) is 7.05 Å². The Kier molecular flexibility index (Phi) is 2.20. The molecular weight excluding hydrogens is 196 g/mol. The summed E-state index contributed by atoms with van der Waals surface area (Å²) in [5.74, 6) is 0. The van der Waals surface area contributed by atoms with E-state index >= 15 is 0 Å². The van der Waals surface area contributed by atoms with E-state index in [1.54, 1.807) is 23.7 Å². The summed E-state index contributed by atoms with van der Waals surface area (Å²) in [7, 11) is 1.92. The molecule has 2 aromatic heterocycles. The normalized spacial score (nSPS) is 12.2. The zero-order valence-corrected chi connectivity index (χ0v) is 9.22. The van der Waals surface area contributed by atoms with Crippen molar-refractivity contribution in [2.75, 3.05) is 7.05 Å². The van der Waals surface area contributed by atoms with Crippen LogP contribution in [0.4, 0.5) is 0 Å². The van der Waals surface area contributed by atoms with Gasteiger partial charge in [0.1, 0.15) is 5.01 Å². The maximum atomic E-state index is 4.44. The molecule has 14 heavy (non-hydrogen) atoms. The highest BCUT2D eigenvalue weighted by Crippen LogP contribution is 2.26. The third kappa shape index (κ3) is 1.49. The van der Waals surface area contributed by atoms with Gasteiger partial charge in [0.05, 0.1) is 5.54 Å². The maximum Gasteiger partial charge on any atom is 0.189 e. The van der Waals surface area contributed by atoms with Gasteiger partial charge >= 0.3 is 0 Å². The SMILES string of the molecule is CNC(C)(C)c1nc2nccnc2s1. The van der Waals surface area contributed by atoms with Crippen molar-refractivity contribution >= 4 is 21.8 Å². The van der Waals surface area contributed by atoms with Gasteiger partial charge in [0.2, 0.25) is 0 Å². The highest BCUT2D eigenvalue weighted by Gasteiger charge is 2.22. The fourth-order valence-corrected chi connectivity index (χ4v) is 2.03. The third-order valence-corrected chi connectivity index (χ3v) is 3.48. The summed E-state index contributed by atoms with van der Waals surface area (Å²) in [6.07, 6.45) is 3.36. The van der Waals surface area contributed by atoms with Crippen LogP contribution in [-0.2, 0) is 5.54 Å². The van der Waals surface area contributed by atoms with E-state index in [0.717, 1.165) is 15.5 Å². The van der Waals surface area contributed by atoms with Gasteiger partial charge in [0.25, 0.3) is 0 Å². The molecule has 0 aliphatic heterocycles. The summed E-state index contributed by atoms with van der Waals surface area (Å²) in [5, 5.41) is 4.23. The van der Waals surface area contributed by atoms with Crippen LogP contribution in [0, 0.1) is 0 Å². The Balaban J connectivity index is 2.55. The van der Waals surface area contributed by atoms with Crippen molar-refractivity contribution in [1.29, 1.82) is 0 Å². The average molecular weight is 208 g/mol. The number of aromatic nitrogens is 3. The topological polar surface area (TPSA) is 50.7 Å². The summed E-state index contributed by atoms with van der Waals surface area (Å²) in [4.78, 5) is 13.7. The minimum absolute atomic E-state index is 0.118. The number of nitrogens with zero attached hydrogens (tertiary/aromatic N) is 3. The molecule has 1 N–H and O–H groups in total. The molecular formula is C9H12N4S. The smallest absolute Gasteiger partial charge is 0.189 e. The monoisotopic (exact) mass is 208 g/mol. The van der Waals surface area contributed by atoms with Gasteiger partial charge in [0, 0.05) is 12.4 Å². The lowest BCUT2D eigenvalue weighted by molar-refractivity contribution is 0.443. The van der Waals surface area contributed by atoms with Gasteiger partial charge in [-0.2, -0.15) is 0 Å². The lowest BCUT2D eigenvalue weighted by Crippen LogP contribution is -2.32. The van der Waals surface area contributed by atoms with Gasteiger partial charge in [-0.15, -0.1) is 0 Å². The van der Waals surface area contributed by atoms with Crippen LogP contribution in [-0.4, -0.2) is 22.0 Å². The molecule has 4 nitrogen and oxygen atoms in total. The maximum absolute atomic E-state index is 4.44. The summed E-state index contributed by atoms with van der Waals surface area (Å²) >= 11 is 1.58. The van der Waals surface area contributed by atoms with Crippen molar-refractivity contribution in [1.82, 2.24) is 20.3 Å². The van der Waals surface area contributed by atoms with Gasteiger partial charge in [-0.25, -0.2) is 15.0 Å². The molecule has 2 rings (SSSR count). The Hall–Kier alpha value is -1.07. The van der Waals surface area contributed by atoms with E-state index in [2.05, 4.69) is 34.1 Å². The molecule has 0 atom stereocenters. The highest BCUT2D eigenvalue weighted by molar-refractivity contribution is 7.18. The lowest BCUT2D eigenvalue weighted by atomic mass is 10.1. The predicted molar refractivity (Wildman–Crippen MR) is 57.3 cm³/mol. The molecule has 0 amide bonds. The number of fused-ring (bicyclic) bond motifs is 1. The highest BCUT2D eigenvalue weighted by atomic mass is 32.1. The van der Waals surface area contributed by atoms with E-state index in [4.69, 9.17) is 0 Å². The van der Waals surface area contributed by atoms with Gasteiger partial charge < -0.3 is 5.32 Å². The molecule has 0 saturated heterocycles. The standard InChI is InChI=1S/C9H12N4S/c1-9(2,10-3)8-13-6-7(14-8)12-5-4-11-6/h4-5,10H,1-3H3. The second-order valence-electron chi connectivity index (χ2n) is 3.58. The molecule has 74 valence electrons. The predicted octanol–water partition coefficient (Wildman–Crippen LogP) is 1.54. The Morgan fingerprint density at radius 3 is 2.64 bits per heavy atom.